The lowest BCUT2D eigenvalue weighted by Gasteiger charge is -2.10. The second kappa shape index (κ2) is 5.97. The summed E-state index contributed by atoms with van der Waals surface area (Å²) in [5.41, 5.74) is 0. The van der Waals surface area contributed by atoms with Crippen molar-refractivity contribution in [3.8, 4) is 0 Å². The molecule has 0 spiro atoms. The van der Waals surface area contributed by atoms with Gasteiger partial charge in [0.15, 0.2) is 0 Å². The van der Waals surface area contributed by atoms with Gasteiger partial charge in [-0.05, 0) is 17.9 Å². The number of hydrogen-bond donors (Lipinski definition) is 2. The minimum atomic E-state index is 0.189. The van der Waals surface area contributed by atoms with Gasteiger partial charge in [0.2, 0.25) is 17.2 Å². The van der Waals surface area contributed by atoms with Gasteiger partial charge in [0.25, 0.3) is 0 Å². The van der Waals surface area contributed by atoms with E-state index in [4.69, 9.17) is 11.6 Å². The summed E-state index contributed by atoms with van der Waals surface area (Å²) in [5.74, 6) is 0.967. The third-order valence-electron chi connectivity index (χ3n) is 1.78. The Labute approximate surface area is 98.4 Å². The lowest BCUT2D eigenvalue weighted by molar-refractivity contribution is 0.955. The highest BCUT2D eigenvalue weighted by Gasteiger charge is 2.04. The van der Waals surface area contributed by atoms with Crippen LogP contribution in [0.15, 0.2) is 0 Å². The molecule has 0 aromatic carbocycles. The van der Waals surface area contributed by atoms with Crippen molar-refractivity contribution >= 4 is 35.3 Å². The first-order valence-corrected chi connectivity index (χ1v) is 6.18. The van der Waals surface area contributed by atoms with E-state index in [1.807, 2.05) is 0 Å². The van der Waals surface area contributed by atoms with E-state index in [-0.39, 0.29) is 5.28 Å². The Balaban J connectivity index is 2.64. The summed E-state index contributed by atoms with van der Waals surface area (Å²) in [5, 5.41) is 6.61. The molecule has 0 aliphatic heterocycles. The van der Waals surface area contributed by atoms with Crippen LogP contribution in [0.25, 0.3) is 0 Å². The Morgan fingerprint density at radius 3 is 2.60 bits per heavy atom. The molecule has 1 aromatic heterocycles. The second-order valence-electron chi connectivity index (χ2n) is 2.93. The minimum absolute atomic E-state index is 0.189. The van der Waals surface area contributed by atoms with Gasteiger partial charge in [-0.15, -0.1) is 0 Å². The first kappa shape index (κ1) is 12.3. The van der Waals surface area contributed by atoms with Gasteiger partial charge >= 0.3 is 0 Å². The third-order valence-corrected chi connectivity index (χ3v) is 2.92. The van der Waals surface area contributed by atoms with Gasteiger partial charge < -0.3 is 10.6 Å². The molecule has 0 radical (unpaired) electrons. The molecule has 1 unspecified atom stereocenters. The molecular formula is C8H14ClN5S. The van der Waals surface area contributed by atoms with Crippen LogP contribution in [-0.4, -0.2) is 40.1 Å². The zero-order valence-corrected chi connectivity index (χ0v) is 10.5. The van der Waals surface area contributed by atoms with Crippen LogP contribution in [0.1, 0.15) is 6.92 Å². The summed E-state index contributed by atoms with van der Waals surface area (Å²) >= 11 is 7.51. The number of nitrogens with zero attached hydrogens (tertiary/aromatic N) is 3. The van der Waals surface area contributed by atoms with Crippen molar-refractivity contribution in [3.05, 3.63) is 5.28 Å². The molecule has 0 amide bonds. The van der Waals surface area contributed by atoms with Crippen molar-refractivity contribution in [2.24, 2.45) is 0 Å². The molecule has 1 atom stereocenters. The van der Waals surface area contributed by atoms with Crippen LogP contribution in [0.4, 0.5) is 11.9 Å². The fourth-order valence-electron chi connectivity index (χ4n) is 0.859. The van der Waals surface area contributed by atoms with Crippen molar-refractivity contribution in [3.63, 3.8) is 0 Å². The second-order valence-corrected chi connectivity index (χ2v) is 4.54. The third kappa shape index (κ3) is 4.09. The zero-order chi connectivity index (χ0) is 11.3. The molecule has 0 saturated carbocycles. The summed E-state index contributed by atoms with van der Waals surface area (Å²) in [4.78, 5) is 12.0. The Kier molecular flexibility index (Phi) is 4.90. The normalized spacial score (nSPS) is 12.3. The quantitative estimate of drug-likeness (QED) is 0.826. The average molecular weight is 248 g/mol. The van der Waals surface area contributed by atoms with Crippen molar-refractivity contribution in [1.82, 2.24) is 15.0 Å². The highest BCUT2D eigenvalue weighted by molar-refractivity contribution is 7.99. The summed E-state index contributed by atoms with van der Waals surface area (Å²) in [7, 11) is 1.74. The number of aromatic nitrogens is 3. The van der Waals surface area contributed by atoms with Crippen molar-refractivity contribution in [2.75, 3.05) is 30.5 Å². The van der Waals surface area contributed by atoms with Gasteiger partial charge in [0.05, 0.1) is 0 Å². The predicted octanol–water partition coefficient (Wildman–Crippen LogP) is 1.73. The van der Waals surface area contributed by atoms with Gasteiger partial charge in [0, 0.05) is 18.8 Å². The van der Waals surface area contributed by atoms with Crippen LogP contribution >= 0.6 is 23.4 Å². The van der Waals surface area contributed by atoms with Crippen molar-refractivity contribution < 1.29 is 0 Å². The van der Waals surface area contributed by atoms with E-state index in [2.05, 4.69) is 38.8 Å². The monoisotopic (exact) mass is 247 g/mol. The van der Waals surface area contributed by atoms with E-state index in [9.17, 15) is 0 Å². The highest BCUT2D eigenvalue weighted by atomic mass is 35.5. The Hall–Kier alpha value is -0.750. The fraction of sp³-hybridized carbons (Fsp3) is 0.625. The summed E-state index contributed by atoms with van der Waals surface area (Å²) in [6.07, 6.45) is 2.06. The predicted molar refractivity (Wildman–Crippen MR) is 65.9 cm³/mol. The fourth-order valence-corrected chi connectivity index (χ4v) is 1.27. The molecule has 1 aromatic rings. The molecule has 0 aliphatic rings. The number of anilines is 2. The van der Waals surface area contributed by atoms with Gasteiger partial charge in [-0.25, -0.2) is 0 Å². The molecular weight excluding hydrogens is 234 g/mol. The number of rotatable bonds is 5. The minimum Gasteiger partial charge on any atom is -0.357 e. The van der Waals surface area contributed by atoms with E-state index in [0.717, 1.165) is 6.54 Å². The topological polar surface area (TPSA) is 62.7 Å². The molecule has 1 rings (SSSR count). The van der Waals surface area contributed by atoms with Crippen LogP contribution in [0.2, 0.25) is 5.28 Å². The van der Waals surface area contributed by atoms with Crippen LogP contribution in [0.5, 0.6) is 0 Å². The van der Waals surface area contributed by atoms with Crippen LogP contribution in [0.3, 0.4) is 0 Å². The van der Waals surface area contributed by atoms with Crippen LogP contribution < -0.4 is 10.6 Å². The molecule has 2 N–H and O–H groups in total. The molecule has 15 heavy (non-hydrogen) atoms. The largest absolute Gasteiger partial charge is 0.357 e. The van der Waals surface area contributed by atoms with Gasteiger partial charge in [-0.2, -0.15) is 26.7 Å². The van der Waals surface area contributed by atoms with E-state index in [1.165, 1.54) is 0 Å². The maximum absolute atomic E-state index is 5.73. The van der Waals surface area contributed by atoms with E-state index in [0.29, 0.717) is 17.1 Å². The molecule has 5 nitrogen and oxygen atoms in total. The van der Waals surface area contributed by atoms with Crippen LogP contribution in [-0.2, 0) is 0 Å². The Bertz CT molecular complexity index is 322. The lowest BCUT2D eigenvalue weighted by Crippen LogP contribution is -2.15. The molecule has 0 fully saturated rings. The first-order valence-electron chi connectivity index (χ1n) is 4.51. The molecule has 0 bridgehead atoms. The highest BCUT2D eigenvalue weighted by Crippen LogP contribution is 2.10. The maximum Gasteiger partial charge on any atom is 0.228 e. The van der Waals surface area contributed by atoms with Crippen LogP contribution in [0, 0.1) is 0 Å². The zero-order valence-electron chi connectivity index (χ0n) is 8.91. The van der Waals surface area contributed by atoms with Gasteiger partial charge in [-0.1, -0.05) is 6.92 Å². The lowest BCUT2D eigenvalue weighted by atomic mass is 10.5. The standard InChI is InChI=1S/C8H14ClN5S/c1-5(15-3)4-11-8-13-6(9)12-7(10-2)14-8/h5H,4H2,1-3H3,(H2,10,11,12,13,14). The number of hydrogen-bond acceptors (Lipinski definition) is 6. The summed E-state index contributed by atoms with van der Waals surface area (Å²) < 4.78 is 0. The number of nitrogens with one attached hydrogen (secondary N) is 2. The summed E-state index contributed by atoms with van der Waals surface area (Å²) in [6.45, 7) is 2.92. The SMILES string of the molecule is CNc1nc(Cl)nc(NCC(C)SC)n1. The Morgan fingerprint density at radius 1 is 1.33 bits per heavy atom. The molecule has 0 saturated heterocycles. The van der Waals surface area contributed by atoms with Crippen molar-refractivity contribution in [2.45, 2.75) is 12.2 Å². The van der Waals surface area contributed by atoms with E-state index >= 15 is 0 Å². The maximum atomic E-state index is 5.73. The van der Waals surface area contributed by atoms with Gasteiger partial charge in [-0.3, -0.25) is 0 Å². The van der Waals surface area contributed by atoms with Gasteiger partial charge in [0.1, 0.15) is 0 Å². The first-order chi connectivity index (χ1) is 7.15. The number of halogens is 1. The Morgan fingerprint density at radius 2 is 2.00 bits per heavy atom. The molecule has 0 aliphatic carbocycles. The smallest absolute Gasteiger partial charge is 0.228 e. The molecule has 84 valence electrons. The molecule has 1 heterocycles. The van der Waals surface area contributed by atoms with Crippen molar-refractivity contribution in [1.29, 1.82) is 0 Å². The average Bonchev–Trinajstić information content (AvgIpc) is 2.25. The van der Waals surface area contributed by atoms with E-state index in [1.54, 1.807) is 18.8 Å². The number of thioether (sulfide) groups is 1. The molecule has 7 heteroatoms. The summed E-state index contributed by atoms with van der Waals surface area (Å²) in [6, 6.07) is 0. The van der Waals surface area contributed by atoms with E-state index < -0.39 is 0 Å².